The number of nitrogens with zero attached hydrogens (tertiary/aromatic N) is 2. The Hall–Kier alpha value is -0.0400. The lowest BCUT2D eigenvalue weighted by atomic mass is 10.1. The number of nitrogens with one attached hydrogen (secondary N) is 2. The van der Waals surface area contributed by atoms with Crippen LogP contribution in [0.25, 0.3) is 0 Å². The van der Waals surface area contributed by atoms with Gasteiger partial charge in [0.25, 0.3) is 0 Å². The summed E-state index contributed by atoms with van der Waals surface area (Å²) in [5, 5.41) is 10.5. The number of aliphatic imine (C=N–C) groups is 1. The molecule has 2 N–H and O–H groups in total. The van der Waals surface area contributed by atoms with Gasteiger partial charge in [-0.3, -0.25) is 4.99 Å². The zero-order chi connectivity index (χ0) is 18.1. The lowest BCUT2D eigenvalue weighted by molar-refractivity contribution is 0.443. The number of thiophene rings is 1. The number of halogens is 1. The van der Waals surface area contributed by atoms with Crippen LogP contribution in [0, 0.1) is 0 Å². The molecule has 0 bridgehead atoms. The zero-order valence-electron chi connectivity index (χ0n) is 15.3. The van der Waals surface area contributed by atoms with Crippen molar-refractivity contribution in [3.05, 3.63) is 22.4 Å². The molecule has 0 saturated carbocycles. The van der Waals surface area contributed by atoms with Crippen molar-refractivity contribution in [2.24, 2.45) is 4.99 Å². The number of hydrogen-bond donors (Lipinski definition) is 2. The first-order valence-corrected chi connectivity index (χ1v) is 12.3. The number of rotatable bonds is 8. The summed E-state index contributed by atoms with van der Waals surface area (Å²) in [5.41, 5.74) is 1.29. The van der Waals surface area contributed by atoms with E-state index in [1.165, 1.54) is 5.56 Å². The van der Waals surface area contributed by atoms with E-state index < -0.39 is 10.0 Å². The highest BCUT2D eigenvalue weighted by Gasteiger charge is 2.23. The van der Waals surface area contributed by atoms with E-state index in [1.54, 1.807) is 15.6 Å². The average molecular weight is 533 g/mol. The SMILES string of the molecule is CCNC(=NCC(C)c1ccsc1)NCCS(=O)(=O)N1CCSCC1.I. The molecule has 0 spiro atoms. The normalized spacial score (nSPS) is 17.4. The molecule has 1 aromatic rings. The molecule has 0 aromatic carbocycles. The first-order chi connectivity index (χ1) is 12.0. The van der Waals surface area contributed by atoms with Crippen molar-refractivity contribution in [3.8, 4) is 0 Å². The quantitative estimate of drug-likeness (QED) is 0.306. The number of guanidine groups is 1. The fourth-order valence-electron chi connectivity index (χ4n) is 2.48. The molecule has 150 valence electrons. The first kappa shape index (κ1) is 24.0. The van der Waals surface area contributed by atoms with Gasteiger partial charge in [0.1, 0.15) is 0 Å². The van der Waals surface area contributed by atoms with Gasteiger partial charge in [0.2, 0.25) is 10.0 Å². The Bertz CT molecular complexity index is 632. The molecule has 0 radical (unpaired) electrons. The van der Waals surface area contributed by atoms with Crippen LogP contribution in [0.15, 0.2) is 21.8 Å². The smallest absolute Gasteiger partial charge is 0.215 e. The van der Waals surface area contributed by atoms with Crippen LogP contribution < -0.4 is 10.6 Å². The summed E-state index contributed by atoms with van der Waals surface area (Å²) in [7, 11) is -3.18. The second-order valence-corrected chi connectivity index (χ2v) is 10.0. The van der Waals surface area contributed by atoms with Crippen molar-refractivity contribution in [1.29, 1.82) is 0 Å². The summed E-state index contributed by atoms with van der Waals surface area (Å²) >= 11 is 3.50. The maximum absolute atomic E-state index is 12.4. The third-order valence-electron chi connectivity index (χ3n) is 4.00. The third kappa shape index (κ3) is 7.91. The van der Waals surface area contributed by atoms with E-state index in [0.29, 0.717) is 38.1 Å². The fourth-order valence-corrected chi connectivity index (χ4v) is 5.76. The Labute approximate surface area is 182 Å². The minimum absolute atomic E-state index is 0. The Kier molecular flexibility index (Phi) is 11.5. The molecule has 1 atom stereocenters. The largest absolute Gasteiger partial charge is 0.357 e. The molecule has 1 fully saturated rings. The molecular formula is C16H29IN4O2S3. The van der Waals surface area contributed by atoms with Crippen LogP contribution in [0.2, 0.25) is 0 Å². The maximum atomic E-state index is 12.4. The minimum atomic E-state index is -3.18. The highest BCUT2D eigenvalue weighted by Crippen LogP contribution is 2.18. The van der Waals surface area contributed by atoms with E-state index in [4.69, 9.17) is 0 Å². The van der Waals surface area contributed by atoms with Gasteiger partial charge in [0.05, 0.1) is 5.75 Å². The molecule has 1 aliphatic rings. The van der Waals surface area contributed by atoms with E-state index in [9.17, 15) is 8.42 Å². The molecule has 1 saturated heterocycles. The Balaban J connectivity index is 0.00000338. The van der Waals surface area contributed by atoms with Crippen molar-refractivity contribution >= 4 is 63.1 Å². The predicted octanol–water partition coefficient (Wildman–Crippen LogP) is 2.40. The summed E-state index contributed by atoms with van der Waals surface area (Å²) in [4.78, 5) is 4.59. The average Bonchev–Trinajstić information content (AvgIpc) is 3.15. The van der Waals surface area contributed by atoms with Crippen molar-refractivity contribution in [2.75, 3.05) is 50.0 Å². The molecule has 1 unspecified atom stereocenters. The summed E-state index contributed by atoms with van der Waals surface area (Å²) in [6.45, 7) is 7.18. The topological polar surface area (TPSA) is 73.8 Å². The highest BCUT2D eigenvalue weighted by atomic mass is 127. The molecule has 2 rings (SSSR count). The second kappa shape index (κ2) is 12.4. The van der Waals surface area contributed by atoms with E-state index in [2.05, 4.69) is 39.4 Å². The van der Waals surface area contributed by atoms with Gasteiger partial charge in [-0.15, -0.1) is 24.0 Å². The first-order valence-electron chi connectivity index (χ1n) is 8.62. The summed E-state index contributed by atoms with van der Waals surface area (Å²) < 4.78 is 26.3. The van der Waals surface area contributed by atoms with Gasteiger partial charge in [-0.25, -0.2) is 12.7 Å². The van der Waals surface area contributed by atoms with Gasteiger partial charge in [0.15, 0.2) is 5.96 Å². The lowest BCUT2D eigenvalue weighted by Gasteiger charge is -2.25. The van der Waals surface area contributed by atoms with Gasteiger partial charge < -0.3 is 10.6 Å². The van der Waals surface area contributed by atoms with Crippen molar-refractivity contribution in [1.82, 2.24) is 14.9 Å². The number of thioether (sulfide) groups is 1. The molecule has 6 nitrogen and oxygen atoms in total. The second-order valence-electron chi connectivity index (χ2n) is 5.93. The molecule has 10 heteroatoms. The van der Waals surface area contributed by atoms with Crippen molar-refractivity contribution in [3.63, 3.8) is 0 Å². The van der Waals surface area contributed by atoms with E-state index >= 15 is 0 Å². The fraction of sp³-hybridized carbons (Fsp3) is 0.688. The van der Waals surface area contributed by atoms with Crippen molar-refractivity contribution in [2.45, 2.75) is 19.8 Å². The molecular weight excluding hydrogens is 503 g/mol. The van der Waals surface area contributed by atoms with Crippen LogP contribution in [-0.2, 0) is 10.0 Å². The van der Waals surface area contributed by atoms with E-state index in [0.717, 1.165) is 18.1 Å². The van der Waals surface area contributed by atoms with Gasteiger partial charge in [-0.1, -0.05) is 6.92 Å². The van der Waals surface area contributed by atoms with Crippen LogP contribution in [-0.4, -0.2) is 68.7 Å². The monoisotopic (exact) mass is 532 g/mol. The van der Waals surface area contributed by atoms with E-state index in [-0.39, 0.29) is 29.7 Å². The third-order valence-corrected chi connectivity index (χ3v) is 7.51. The van der Waals surface area contributed by atoms with Crippen LogP contribution in [0.5, 0.6) is 0 Å². The van der Waals surface area contributed by atoms with E-state index in [1.807, 2.05) is 18.7 Å². The predicted molar refractivity (Wildman–Crippen MR) is 125 cm³/mol. The maximum Gasteiger partial charge on any atom is 0.215 e. The van der Waals surface area contributed by atoms with Gasteiger partial charge in [-0.05, 0) is 29.3 Å². The standard InChI is InChI=1S/C16H28N4O2S3.HI/c1-3-17-16(19-12-14(2)15-4-8-24-13-15)18-5-11-25(21,22)20-6-9-23-10-7-20;/h4,8,13-14H,3,5-7,9-12H2,1-2H3,(H2,17,18,19);1H. The molecule has 0 amide bonds. The van der Waals surface area contributed by atoms with Crippen LogP contribution >= 0.6 is 47.1 Å². The molecule has 2 heterocycles. The molecule has 26 heavy (non-hydrogen) atoms. The lowest BCUT2D eigenvalue weighted by Crippen LogP contribution is -2.44. The van der Waals surface area contributed by atoms with Gasteiger partial charge >= 0.3 is 0 Å². The molecule has 0 aliphatic carbocycles. The number of hydrogen-bond acceptors (Lipinski definition) is 5. The summed E-state index contributed by atoms with van der Waals surface area (Å²) in [5.74, 6) is 2.89. The van der Waals surface area contributed by atoms with Crippen LogP contribution in [0.1, 0.15) is 25.3 Å². The summed E-state index contributed by atoms with van der Waals surface area (Å²) in [6.07, 6.45) is 0. The van der Waals surface area contributed by atoms with Crippen LogP contribution in [0.4, 0.5) is 0 Å². The Morgan fingerprint density at radius 3 is 2.69 bits per heavy atom. The number of sulfonamides is 1. The Morgan fingerprint density at radius 2 is 2.08 bits per heavy atom. The zero-order valence-corrected chi connectivity index (χ0v) is 20.1. The Morgan fingerprint density at radius 1 is 1.35 bits per heavy atom. The minimum Gasteiger partial charge on any atom is -0.357 e. The summed E-state index contributed by atoms with van der Waals surface area (Å²) in [6, 6.07) is 2.12. The molecule has 1 aliphatic heterocycles. The van der Waals surface area contributed by atoms with Crippen LogP contribution in [0.3, 0.4) is 0 Å². The highest BCUT2D eigenvalue weighted by molar-refractivity contribution is 14.0. The van der Waals surface area contributed by atoms with Gasteiger partial charge in [0, 0.05) is 50.1 Å². The van der Waals surface area contributed by atoms with Gasteiger partial charge in [-0.2, -0.15) is 23.1 Å². The van der Waals surface area contributed by atoms with Crippen molar-refractivity contribution < 1.29 is 8.42 Å². The molecule has 1 aromatic heterocycles.